The van der Waals surface area contributed by atoms with Crippen LogP contribution in [0.3, 0.4) is 0 Å². The second-order valence-corrected chi connectivity index (χ2v) is 5.16. The van der Waals surface area contributed by atoms with Crippen molar-refractivity contribution in [2.75, 3.05) is 0 Å². The molecule has 1 heterocycles. The van der Waals surface area contributed by atoms with Gasteiger partial charge in [0.25, 0.3) is 0 Å². The summed E-state index contributed by atoms with van der Waals surface area (Å²) in [5.41, 5.74) is 10.2. The van der Waals surface area contributed by atoms with Crippen LogP contribution >= 0.6 is 0 Å². The lowest BCUT2D eigenvalue weighted by molar-refractivity contribution is -0.393. The molecule has 0 amide bonds. The van der Waals surface area contributed by atoms with Crippen molar-refractivity contribution in [3.8, 4) is 0 Å². The van der Waals surface area contributed by atoms with Crippen LogP contribution in [-0.4, -0.2) is 60.2 Å². The standard InChI is InChI=1S/C5H9NO4.C5H11NO2.C3H3N3O2/c6-3(5(9)10)1-2-4(7)8;1-3(2)4(6)5(7)8;7-6(8)3-4-1-2-5-3/h3H,1-2,6H2,(H,7,8)(H,9,10);3-4H,6H2,1-2H3,(H,7,8);1-2H,(H,4,5). The summed E-state index contributed by atoms with van der Waals surface area (Å²) >= 11 is 0. The Kier molecular flexibility index (Phi) is 12.8. The van der Waals surface area contributed by atoms with Crippen LogP contribution in [0.15, 0.2) is 12.4 Å². The molecule has 0 aliphatic heterocycles. The Labute approximate surface area is 148 Å². The number of aromatic nitrogens is 2. The Morgan fingerprint density at radius 1 is 1.23 bits per heavy atom. The fourth-order valence-electron chi connectivity index (χ4n) is 1.04. The van der Waals surface area contributed by atoms with E-state index in [9.17, 15) is 24.5 Å². The van der Waals surface area contributed by atoms with Gasteiger partial charge in [-0.15, -0.1) is 0 Å². The molecule has 2 atom stereocenters. The molecule has 13 nitrogen and oxygen atoms in total. The third kappa shape index (κ3) is 13.4. The number of aliphatic carboxylic acids is 3. The van der Waals surface area contributed by atoms with Crippen molar-refractivity contribution in [1.82, 2.24) is 9.97 Å². The Morgan fingerprint density at radius 3 is 1.96 bits per heavy atom. The number of carboxylic acids is 3. The predicted molar refractivity (Wildman–Crippen MR) is 88.2 cm³/mol. The first-order chi connectivity index (χ1) is 11.9. The molecule has 0 bridgehead atoms. The minimum absolute atomic E-state index is 0.0208. The number of rotatable bonds is 7. The molecule has 0 fully saturated rings. The van der Waals surface area contributed by atoms with Gasteiger partial charge < -0.3 is 36.9 Å². The molecule has 1 rings (SSSR count). The first-order valence-electron chi connectivity index (χ1n) is 7.22. The molecule has 0 radical (unpaired) electrons. The SMILES string of the molecule is CC(C)C(N)C(=O)O.NC(CCC(=O)O)C(=O)O.O=[N+]([O-])c1ncc[nH]1. The van der Waals surface area contributed by atoms with Gasteiger partial charge in [0, 0.05) is 6.42 Å². The quantitative estimate of drug-likeness (QED) is 0.265. The van der Waals surface area contributed by atoms with E-state index in [1.807, 2.05) is 0 Å². The van der Waals surface area contributed by atoms with E-state index in [2.05, 4.69) is 9.97 Å². The second-order valence-electron chi connectivity index (χ2n) is 5.16. The minimum atomic E-state index is -1.17. The number of carboxylic acid groups (broad SMARTS) is 3. The summed E-state index contributed by atoms with van der Waals surface area (Å²) in [4.78, 5) is 44.8. The van der Waals surface area contributed by atoms with Crippen LogP contribution in [-0.2, 0) is 14.4 Å². The van der Waals surface area contributed by atoms with Crippen LogP contribution in [0.5, 0.6) is 0 Å². The zero-order chi connectivity index (χ0) is 20.9. The number of hydrogen-bond acceptors (Lipinski definition) is 8. The highest BCUT2D eigenvalue weighted by Gasteiger charge is 2.14. The topological polar surface area (TPSA) is 236 Å². The smallest absolute Gasteiger partial charge is 0.432 e. The molecular weight excluding hydrogens is 354 g/mol. The summed E-state index contributed by atoms with van der Waals surface area (Å²) in [7, 11) is 0. The number of nitrogens with two attached hydrogens (primary N) is 2. The van der Waals surface area contributed by atoms with Crippen molar-refractivity contribution in [1.29, 1.82) is 0 Å². The van der Waals surface area contributed by atoms with Crippen molar-refractivity contribution < 1.29 is 34.6 Å². The van der Waals surface area contributed by atoms with Gasteiger partial charge >= 0.3 is 23.9 Å². The van der Waals surface area contributed by atoms with Gasteiger partial charge in [0.2, 0.25) is 0 Å². The molecule has 13 heteroatoms. The number of carbonyl (C=O) groups is 3. The molecular formula is C13H23N5O8. The number of aromatic amines is 1. The second kappa shape index (κ2) is 13.3. The van der Waals surface area contributed by atoms with Gasteiger partial charge in [-0.2, -0.15) is 0 Å². The number of H-pyrrole nitrogens is 1. The summed E-state index contributed by atoms with van der Waals surface area (Å²) in [6.45, 7) is 3.55. The Morgan fingerprint density at radius 2 is 1.77 bits per heavy atom. The molecule has 8 N–H and O–H groups in total. The highest BCUT2D eigenvalue weighted by Crippen LogP contribution is 1.97. The molecule has 26 heavy (non-hydrogen) atoms. The molecule has 0 saturated heterocycles. The summed E-state index contributed by atoms with van der Waals surface area (Å²) in [6, 6.07) is -1.77. The maximum Gasteiger partial charge on any atom is 0.432 e. The van der Waals surface area contributed by atoms with Crippen LogP contribution in [0.1, 0.15) is 26.7 Å². The monoisotopic (exact) mass is 377 g/mol. The fraction of sp³-hybridized carbons (Fsp3) is 0.538. The number of imidazole rings is 1. The van der Waals surface area contributed by atoms with Gasteiger partial charge in [-0.05, 0) is 17.3 Å². The minimum Gasteiger partial charge on any atom is -0.481 e. The van der Waals surface area contributed by atoms with E-state index in [0.717, 1.165) is 0 Å². The molecule has 0 saturated carbocycles. The van der Waals surface area contributed by atoms with Crippen LogP contribution in [0.25, 0.3) is 0 Å². The summed E-state index contributed by atoms with van der Waals surface area (Å²) < 4.78 is 0. The maximum absolute atomic E-state index is 10.0. The van der Waals surface area contributed by atoms with Crippen molar-refractivity contribution in [3.63, 3.8) is 0 Å². The van der Waals surface area contributed by atoms with Crippen LogP contribution in [0.2, 0.25) is 0 Å². The van der Waals surface area contributed by atoms with Gasteiger partial charge in [0.15, 0.2) is 0 Å². The Bertz CT molecular complexity index is 575. The van der Waals surface area contributed by atoms with Crippen LogP contribution in [0, 0.1) is 16.0 Å². The van der Waals surface area contributed by atoms with Crippen molar-refractivity contribution >= 4 is 23.9 Å². The van der Waals surface area contributed by atoms with Crippen molar-refractivity contribution in [3.05, 3.63) is 22.5 Å². The Hall–Kier alpha value is -3.06. The first-order valence-corrected chi connectivity index (χ1v) is 7.22. The van der Waals surface area contributed by atoms with Crippen molar-refractivity contribution in [2.45, 2.75) is 38.8 Å². The van der Waals surface area contributed by atoms with Gasteiger partial charge in [0.05, 0.1) is 6.20 Å². The van der Waals surface area contributed by atoms with Gasteiger partial charge in [-0.25, -0.2) is 4.98 Å². The number of hydrogen-bond donors (Lipinski definition) is 6. The normalized spacial score (nSPS) is 11.9. The van der Waals surface area contributed by atoms with Gasteiger partial charge in [-0.3, -0.25) is 14.4 Å². The summed E-state index contributed by atoms with van der Waals surface area (Å²) in [5.74, 6) is -3.32. The van der Waals surface area contributed by atoms with Crippen molar-refractivity contribution in [2.24, 2.45) is 17.4 Å². The molecule has 1 aromatic heterocycles. The maximum atomic E-state index is 10.0. The molecule has 0 aliphatic carbocycles. The highest BCUT2D eigenvalue weighted by atomic mass is 16.6. The zero-order valence-electron chi connectivity index (χ0n) is 14.2. The molecule has 0 aromatic carbocycles. The van der Waals surface area contributed by atoms with E-state index in [1.165, 1.54) is 12.4 Å². The van der Waals surface area contributed by atoms with E-state index in [0.29, 0.717) is 0 Å². The lowest BCUT2D eigenvalue weighted by Crippen LogP contribution is -2.34. The van der Waals surface area contributed by atoms with E-state index < -0.39 is 34.9 Å². The van der Waals surface area contributed by atoms with E-state index in [-0.39, 0.29) is 24.7 Å². The molecule has 1 aromatic rings. The third-order valence-electron chi connectivity index (χ3n) is 2.65. The van der Waals surface area contributed by atoms with Crippen LogP contribution < -0.4 is 11.5 Å². The number of nitrogens with zero attached hydrogens (tertiary/aromatic N) is 2. The molecule has 0 spiro atoms. The average Bonchev–Trinajstić information content (AvgIpc) is 3.07. The fourth-order valence-corrected chi connectivity index (χ4v) is 1.04. The average molecular weight is 377 g/mol. The van der Waals surface area contributed by atoms with E-state index in [1.54, 1.807) is 13.8 Å². The summed E-state index contributed by atoms with van der Waals surface area (Å²) in [6.07, 6.45) is 2.51. The largest absolute Gasteiger partial charge is 0.481 e. The summed E-state index contributed by atoms with van der Waals surface area (Å²) in [5, 5.41) is 34.3. The van der Waals surface area contributed by atoms with E-state index >= 15 is 0 Å². The number of nitrogens with one attached hydrogen (secondary N) is 1. The number of nitro groups is 1. The zero-order valence-corrected chi connectivity index (χ0v) is 14.2. The lowest BCUT2D eigenvalue weighted by atomic mass is 10.1. The van der Waals surface area contributed by atoms with Gasteiger partial charge in [-0.1, -0.05) is 18.8 Å². The first kappa shape index (κ1) is 25.2. The van der Waals surface area contributed by atoms with Crippen LogP contribution in [0.4, 0.5) is 5.95 Å². The Balaban J connectivity index is 0. The molecule has 0 aliphatic rings. The van der Waals surface area contributed by atoms with Gasteiger partial charge in [0.1, 0.15) is 18.3 Å². The highest BCUT2D eigenvalue weighted by molar-refractivity contribution is 5.74. The molecule has 148 valence electrons. The predicted octanol–water partition coefficient (Wildman–Crippen LogP) is -0.365. The molecule has 2 unspecified atom stereocenters. The van der Waals surface area contributed by atoms with E-state index in [4.69, 9.17) is 26.8 Å². The third-order valence-corrected chi connectivity index (χ3v) is 2.65. The lowest BCUT2D eigenvalue weighted by Gasteiger charge is -2.07.